The predicted octanol–water partition coefficient (Wildman–Crippen LogP) is 3.83. The van der Waals surface area contributed by atoms with Crippen LogP contribution in [0.25, 0.3) is 27.8 Å². The van der Waals surface area contributed by atoms with Gasteiger partial charge in [0, 0.05) is 19.3 Å². The number of nitrogens with one attached hydrogen (secondary N) is 2. The summed E-state index contributed by atoms with van der Waals surface area (Å²) in [5, 5.41) is 4.39. The number of rotatable bonds is 5. The number of aromatic nitrogens is 3. The van der Waals surface area contributed by atoms with Crippen LogP contribution in [0.2, 0.25) is 0 Å². The summed E-state index contributed by atoms with van der Waals surface area (Å²) < 4.78 is 7.21. The van der Waals surface area contributed by atoms with E-state index in [4.69, 9.17) is 9.72 Å². The summed E-state index contributed by atoms with van der Waals surface area (Å²) in [6.07, 6.45) is 0. The molecule has 0 atom stereocenters. The second-order valence-electron chi connectivity index (χ2n) is 7.07. The first kappa shape index (κ1) is 18.3. The maximum absolute atomic E-state index is 13.0. The van der Waals surface area contributed by atoms with Crippen molar-refractivity contribution < 1.29 is 4.74 Å². The molecule has 0 amide bonds. The molecule has 0 radical (unpaired) electrons. The van der Waals surface area contributed by atoms with Gasteiger partial charge in [0.2, 0.25) is 0 Å². The Balaban J connectivity index is 1.97. The summed E-state index contributed by atoms with van der Waals surface area (Å²) in [4.78, 5) is 20.8. The first-order valence-electron chi connectivity index (χ1n) is 9.35. The van der Waals surface area contributed by atoms with Gasteiger partial charge in [-0.2, -0.15) is 0 Å². The molecule has 28 heavy (non-hydrogen) atoms. The molecule has 0 bridgehead atoms. The lowest BCUT2D eigenvalue weighted by atomic mass is 10.0. The van der Waals surface area contributed by atoms with Crippen molar-refractivity contribution in [1.29, 1.82) is 0 Å². The van der Waals surface area contributed by atoms with Gasteiger partial charge in [-0.1, -0.05) is 18.2 Å². The van der Waals surface area contributed by atoms with Gasteiger partial charge in [0.15, 0.2) is 0 Å². The standard InChI is InChI=1S/C22H24N4O2/c1-13-8-9-16-12-17(22(27)25-19(16)15(13)3)20-21(23-10-11-28-4)26-14(2)6-5-7-18(26)24-20/h5-9,12,23H,10-11H2,1-4H3,(H,25,27). The molecule has 3 heterocycles. The number of benzene rings is 1. The van der Waals surface area contributed by atoms with E-state index in [0.29, 0.717) is 24.4 Å². The number of anilines is 1. The molecular formula is C22H24N4O2. The van der Waals surface area contributed by atoms with Crippen LogP contribution in [0.5, 0.6) is 0 Å². The molecule has 3 aromatic heterocycles. The number of H-pyrrole nitrogens is 1. The van der Waals surface area contributed by atoms with E-state index in [9.17, 15) is 4.79 Å². The van der Waals surface area contributed by atoms with Crippen molar-refractivity contribution in [2.75, 3.05) is 25.6 Å². The van der Waals surface area contributed by atoms with Gasteiger partial charge in [0.1, 0.15) is 17.2 Å². The zero-order valence-electron chi connectivity index (χ0n) is 16.6. The maximum Gasteiger partial charge on any atom is 0.258 e. The molecule has 0 unspecified atom stereocenters. The van der Waals surface area contributed by atoms with E-state index in [1.54, 1.807) is 7.11 Å². The Bertz CT molecular complexity index is 1240. The zero-order valence-corrected chi connectivity index (χ0v) is 16.6. The van der Waals surface area contributed by atoms with Gasteiger partial charge in [0.05, 0.1) is 17.7 Å². The number of methoxy groups -OCH3 is 1. The highest BCUT2D eigenvalue weighted by Gasteiger charge is 2.18. The molecule has 144 valence electrons. The van der Waals surface area contributed by atoms with Gasteiger partial charge >= 0.3 is 0 Å². The van der Waals surface area contributed by atoms with Crippen molar-refractivity contribution in [1.82, 2.24) is 14.4 Å². The number of nitrogens with zero attached hydrogens (tertiary/aromatic N) is 2. The van der Waals surface area contributed by atoms with Crippen LogP contribution in [0.4, 0.5) is 5.82 Å². The second kappa shape index (κ2) is 7.13. The third-order valence-electron chi connectivity index (χ3n) is 5.24. The van der Waals surface area contributed by atoms with Gasteiger partial charge in [-0.15, -0.1) is 0 Å². The summed E-state index contributed by atoms with van der Waals surface area (Å²) in [5.41, 5.74) is 6.02. The number of hydrogen-bond acceptors (Lipinski definition) is 4. The SMILES string of the molecule is COCCNc1c(-c2cc3ccc(C)c(C)c3[nH]c2=O)nc2cccc(C)n12. The quantitative estimate of drug-likeness (QED) is 0.519. The highest BCUT2D eigenvalue weighted by Crippen LogP contribution is 2.30. The second-order valence-corrected chi connectivity index (χ2v) is 7.07. The van der Waals surface area contributed by atoms with Crippen LogP contribution in [-0.2, 0) is 4.74 Å². The van der Waals surface area contributed by atoms with Crippen LogP contribution in [0, 0.1) is 20.8 Å². The Morgan fingerprint density at radius 3 is 2.79 bits per heavy atom. The fourth-order valence-corrected chi connectivity index (χ4v) is 3.58. The smallest absolute Gasteiger partial charge is 0.258 e. The lowest BCUT2D eigenvalue weighted by molar-refractivity contribution is 0.210. The number of pyridine rings is 2. The van der Waals surface area contributed by atoms with E-state index in [2.05, 4.69) is 16.4 Å². The topological polar surface area (TPSA) is 71.4 Å². The molecule has 4 aromatic rings. The minimum Gasteiger partial charge on any atom is -0.383 e. The third kappa shape index (κ3) is 2.96. The first-order valence-corrected chi connectivity index (χ1v) is 9.35. The van der Waals surface area contributed by atoms with Crippen LogP contribution < -0.4 is 10.9 Å². The Labute approximate surface area is 163 Å². The van der Waals surface area contributed by atoms with Crippen molar-refractivity contribution in [3.8, 4) is 11.3 Å². The fourth-order valence-electron chi connectivity index (χ4n) is 3.58. The van der Waals surface area contributed by atoms with Crippen molar-refractivity contribution >= 4 is 22.4 Å². The highest BCUT2D eigenvalue weighted by molar-refractivity contribution is 5.88. The molecule has 2 N–H and O–H groups in total. The molecular weight excluding hydrogens is 352 g/mol. The van der Waals surface area contributed by atoms with E-state index < -0.39 is 0 Å². The predicted molar refractivity (Wildman–Crippen MR) is 113 cm³/mol. The normalized spacial score (nSPS) is 11.4. The van der Waals surface area contributed by atoms with Gasteiger partial charge < -0.3 is 15.0 Å². The first-order chi connectivity index (χ1) is 13.5. The van der Waals surface area contributed by atoms with E-state index in [0.717, 1.165) is 39.2 Å². The summed E-state index contributed by atoms with van der Waals surface area (Å²) >= 11 is 0. The van der Waals surface area contributed by atoms with E-state index in [1.807, 2.05) is 55.5 Å². The number of aromatic amines is 1. The number of ether oxygens (including phenoxy) is 1. The summed E-state index contributed by atoms with van der Waals surface area (Å²) in [5.74, 6) is 0.804. The van der Waals surface area contributed by atoms with Crippen LogP contribution in [0.15, 0.2) is 41.2 Å². The molecule has 6 nitrogen and oxygen atoms in total. The molecule has 0 fully saturated rings. The van der Waals surface area contributed by atoms with Crippen molar-refractivity contribution in [3.05, 3.63) is 63.6 Å². The molecule has 0 saturated carbocycles. The number of imidazole rings is 1. The number of hydrogen-bond donors (Lipinski definition) is 2. The Morgan fingerprint density at radius 2 is 2.00 bits per heavy atom. The minimum absolute atomic E-state index is 0.142. The third-order valence-corrected chi connectivity index (χ3v) is 5.24. The average molecular weight is 376 g/mol. The maximum atomic E-state index is 13.0. The molecule has 6 heteroatoms. The van der Waals surface area contributed by atoms with E-state index in [1.165, 1.54) is 0 Å². The van der Waals surface area contributed by atoms with Crippen molar-refractivity contribution in [2.24, 2.45) is 0 Å². The Hall–Kier alpha value is -3.12. The van der Waals surface area contributed by atoms with E-state index >= 15 is 0 Å². The molecule has 0 aliphatic heterocycles. The van der Waals surface area contributed by atoms with E-state index in [-0.39, 0.29) is 5.56 Å². The van der Waals surface area contributed by atoms with Gasteiger partial charge in [-0.05, 0) is 55.5 Å². The molecule has 0 spiro atoms. The lowest BCUT2D eigenvalue weighted by Crippen LogP contribution is -2.14. The van der Waals surface area contributed by atoms with Crippen molar-refractivity contribution in [3.63, 3.8) is 0 Å². The monoisotopic (exact) mass is 376 g/mol. The summed E-state index contributed by atoms with van der Waals surface area (Å²) in [7, 11) is 1.67. The van der Waals surface area contributed by atoms with Gasteiger partial charge in [0.25, 0.3) is 5.56 Å². The summed E-state index contributed by atoms with van der Waals surface area (Å²) in [6, 6.07) is 12.0. The average Bonchev–Trinajstić information content (AvgIpc) is 3.05. The Kier molecular flexibility index (Phi) is 4.65. The van der Waals surface area contributed by atoms with Crippen LogP contribution in [0.1, 0.15) is 16.8 Å². The summed E-state index contributed by atoms with van der Waals surface area (Å²) in [6.45, 7) is 7.28. The zero-order chi connectivity index (χ0) is 19.8. The van der Waals surface area contributed by atoms with Crippen LogP contribution in [-0.4, -0.2) is 34.6 Å². The molecule has 1 aromatic carbocycles. The number of fused-ring (bicyclic) bond motifs is 2. The largest absolute Gasteiger partial charge is 0.383 e. The van der Waals surface area contributed by atoms with Gasteiger partial charge in [-0.3, -0.25) is 9.20 Å². The highest BCUT2D eigenvalue weighted by atomic mass is 16.5. The van der Waals surface area contributed by atoms with Crippen molar-refractivity contribution in [2.45, 2.75) is 20.8 Å². The van der Waals surface area contributed by atoms with Crippen LogP contribution >= 0.6 is 0 Å². The molecule has 4 rings (SSSR count). The lowest BCUT2D eigenvalue weighted by Gasteiger charge is -2.11. The van der Waals surface area contributed by atoms with Gasteiger partial charge in [-0.25, -0.2) is 4.98 Å². The van der Waals surface area contributed by atoms with Crippen LogP contribution in [0.3, 0.4) is 0 Å². The number of aryl methyl sites for hydroxylation is 3. The molecule has 0 saturated heterocycles. The Morgan fingerprint density at radius 1 is 1.18 bits per heavy atom. The molecule has 0 aliphatic rings. The molecule has 0 aliphatic carbocycles. The minimum atomic E-state index is -0.142. The fraction of sp³-hybridized carbons (Fsp3) is 0.273.